The first-order chi connectivity index (χ1) is 9.87. The third-order valence-corrected chi connectivity index (χ3v) is 3.78. The molecule has 0 saturated carbocycles. The summed E-state index contributed by atoms with van der Waals surface area (Å²) in [4.78, 5) is 13.0. The Kier molecular flexibility index (Phi) is 7.45. The number of ether oxygens (including phenoxy) is 1. The van der Waals surface area contributed by atoms with Crippen LogP contribution in [0.1, 0.15) is 39.5 Å². The fourth-order valence-electron chi connectivity index (χ4n) is 2.58. The number of nitrogens with zero attached hydrogens (tertiary/aromatic N) is 1. The second-order valence-corrected chi connectivity index (χ2v) is 5.37. The third-order valence-electron chi connectivity index (χ3n) is 3.78. The van der Waals surface area contributed by atoms with Gasteiger partial charge in [-0.3, -0.25) is 4.79 Å². The summed E-state index contributed by atoms with van der Waals surface area (Å²) < 4.78 is 43.4. The maximum Gasteiger partial charge on any atom is 0.406 e. The molecule has 0 unspecified atom stereocenters. The first kappa shape index (κ1) is 18.2. The Balaban J connectivity index is 2.56. The number of nitrogens with one attached hydrogen (secondary N) is 1. The van der Waals surface area contributed by atoms with Gasteiger partial charge < -0.3 is 15.0 Å². The summed E-state index contributed by atoms with van der Waals surface area (Å²) >= 11 is 0. The first-order valence-electron chi connectivity index (χ1n) is 7.55. The molecule has 0 aromatic carbocycles. The van der Waals surface area contributed by atoms with Crippen molar-refractivity contribution in [3.8, 4) is 0 Å². The summed E-state index contributed by atoms with van der Waals surface area (Å²) in [6.45, 7) is 3.75. The van der Waals surface area contributed by atoms with Crippen molar-refractivity contribution in [1.82, 2.24) is 10.2 Å². The van der Waals surface area contributed by atoms with Crippen molar-refractivity contribution < 1.29 is 22.7 Å². The normalized spacial score (nSPS) is 17.2. The van der Waals surface area contributed by atoms with Gasteiger partial charge in [-0.25, -0.2) is 0 Å². The Morgan fingerprint density at radius 1 is 1.29 bits per heavy atom. The third kappa shape index (κ3) is 6.65. The average molecular weight is 310 g/mol. The number of hydrogen-bond acceptors (Lipinski definition) is 3. The zero-order chi connectivity index (χ0) is 15.9. The monoisotopic (exact) mass is 310 g/mol. The van der Waals surface area contributed by atoms with E-state index in [1.165, 1.54) is 0 Å². The van der Waals surface area contributed by atoms with Gasteiger partial charge in [-0.05, 0) is 38.8 Å². The molecule has 124 valence electrons. The Bertz CT molecular complexity index is 314. The van der Waals surface area contributed by atoms with Crippen LogP contribution >= 0.6 is 0 Å². The van der Waals surface area contributed by atoms with Gasteiger partial charge in [0.15, 0.2) is 0 Å². The highest BCUT2D eigenvalue weighted by Crippen LogP contribution is 2.21. The van der Waals surface area contributed by atoms with Crippen LogP contribution in [0.15, 0.2) is 0 Å². The molecule has 21 heavy (non-hydrogen) atoms. The molecule has 1 fully saturated rings. The van der Waals surface area contributed by atoms with Crippen LogP contribution in [0.5, 0.6) is 0 Å². The number of piperidine rings is 1. The van der Waals surface area contributed by atoms with Crippen LogP contribution in [-0.4, -0.2) is 55.4 Å². The minimum Gasteiger partial charge on any atom is -0.368 e. The van der Waals surface area contributed by atoms with Crippen molar-refractivity contribution in [1.29, 1.82) is 0 Å². The van der Waals surface area contributed by atoms with Crippen molar-refractivity contribution in [2.45, 2.75) is 57.9 Å². The number of halogens is 3. The van der Waals surface area contributed by atoms with Gasteiger partial charge in [0.05, 0.1) is 6.10 Å². The molecule has 1 aliphatic heterocycles. The van der Waals surface area contributed by atoms with Gasteiger partial charge in [-0.1, -0.05) is 13.8 Å². The Morgan fingerprint density at radius 3 is 2.33 bits per heavy atom. The fourth-order valence-corrected chi connectivity index (χ4v) is 2.58. The maximum atomic E-state index is 12.7. The molecule has 1 saturated heterocycles. The van der Waals surface area contributed by atoms with Crippen LogP contribution in [0.25, 0.3) is 0 Å². The van der Waals surface area contributed by atoms with Crippen LogP contribution in [0, 0.1) is 0 Å². The van der Waals surface area contributed by atoms with Crippen LogP contribution < -0.4 is 5.32 Å². The van der Waals surface area contributed by atoms with E-state index in [4.69, 9.17) is 4.74 Å². The lowest BCUT2D eigenvalue weighted by Gasteiger charge is -2.32. The molecule has 1 rings (SSSR count). The highest BCUT2D eigenvalue weighted by molar-refractivity contribution is 5.77. The van der Waals surface area contributed by atoms with Gasteiger partial charge in [0.1, 0.15) is 13.2 Å². The zero-order valence-electron chi connectivity index (χ0n) is 12.7. The quantitative estimate of drug-likeness (QED) is 0.785. The predicted molar refractivity (Wildman–Crippen MR) is 74.0 cm³/mol. The minimum absolute atomic E-state index is 0.0374. The van der Waals surface area contributed by atoms with E-state index in [1.807, 2.05) is 0 Å². The molecular formula is C14H25F3N2O2. The van der Waals surface area contributed by atoms with Crippen molar-refractivity contribution in [2.75, 3.05) is 26.2 Å². The van der Waals surface area contributed by atoms with Gasteiger partial charge in [0.2, 0.25) is 5.91 Å². The summed E-state index contributed by atoms with van der Waals surface area (Å²) in [5, 5.41) is 3.17. The molecule has 1 aliphatic rings. The van der Waals surface area contributed by atoms with Crippen LogP contribution in [0.3, 0.4) is 0 Å². The van der Waals surface area contributed by atoms with Crippen molar-refractivity contribution in [3.05, 3.63) is 0 Å². The number of alkyl halides is 3. The second-order valence-electron chi connectivity index (χ2n) is 5.37. The Labute approximate surface area is 124 Å². The van der Waals surface area contributed by atoms with Gasteiger partial charge in [0, 0.05) is 6.04 Å². The number of rotatable bonds is 7. The number of carbonyl (C=O) groups is 1. The molecule has 0 radical (unpaired) electrons. The van der Waals surface area contributed by atoms with Crippen molar-refractivity contribution in [3.63, 3.8) is 0 Å². The molecule has 0 spiro atoms. The summed E-state index contributed by atoms with van der Waals surface area (Å²) in [6, 6.07) is -0.393. The SMILES string of the molecule is CCC(CC)N(CC(F)(F)F)C(=O)COC1CCNCC1. The fraction of sp³-hybridized carbons (Fsp3) is 0.929. The standard InChI is InChI=1S/C14H25F3N2O2/c1-3-11(4-2)19(10-14(15,16)17)13(20)9-21-12-5-7-18-8-6-12/h11-12,18H,3-10H2,1-2H3. The van der Waals surface area contributed by atoms with Gasteiger partial charge in [-0.2, -0.15) is 13.2 Å². The largest absolute Gasteiger partial charge is 0.406 e. The summed E-state index contributed by atoms with van der Waals surface area (Å²) in [6.07, 6.45) is -1.83. The lowest BCUT2D eigenvalue weighted by molar-refractivity contribution is -0.170. The van der Waals surface area contributed by atoms with Gasteiger partial charge in [0.25, 0.3) is 0 Å². The van der Waals surface area contributed by atoms with E-state index >= 15 is 0 Å². The van der Waals surface area contributed by atoms with Gasteiger partial charge in [-0.15, -0.1) is 0 Å². The van der Waals surface area contributed by atoms with E-state index in [0.717, 1.165) is 30.8 Å². The van der Waals surface area contributed by atoms with Gasteiger partial charge >= 0.3 is 6.18 Å². The Hall–Kier alpha value is -0.820. The Morgan fingerprint density at radius 2 is 1.86 bits per heavy atom. The molecule has 1 heterocycles. The topological polar surface area (TPSA) is 41.6 Å². The number of carbonyl (C=O) groups excluding carboxylic acids is 1. The minimum atomic E-state index is -4.38. The van der Waals surface area contributed by atoms with E-state index in [0.29, 0.717) is 12.8 Å². The maximum absolute atomic E-state index is 12.7. The lowest BCUT2D eigenvalue weighted by Crippen LogP contribution is -2.47. The van der Waals surface area contributed by atoms with E-state index in [9.17, 15) is 18.0 Å². The molecule has 4 nitrogen and oxygen atoms in total. The summed E-state index contributed by atoms with van der Waals surface area (Å²) in [5.74, 6) is -0.570. The summed E-state index contributed by atoms with van der Waals surface area (Å²) in [7, 11) is 0. The molecule has 7 heteroatoms. The van der Waals surface area contributed by atoms with E-state index < -0.39 is 24.7 Å². The molecule has 0 atom stereocenters. The predicted octanol–water partition coefficient (Wildman–Crippen LogP) is 2.33. The number of amides is 1. The second kappa shape index (κ2) is 8.58. The number of hydrogen-bond donors (Lipinski definition) is 1. The first-order valence-corrected chi connectivity index (χ1v) is 7.55. The van der Waals surface area contributed by atoms with E-state index in [1.54, 1.807) is 13.8 Å². The van der Waals surface area contributed by atoms with Crippen LogP contribution in [0.4, 0.5) is 13.2 Å². The zero-order valence-corrected chi connectivity index (χ0v) is 12.7. The highest BCUT2D eigenvalue weighted by Gasteiger charge is 2.35. The molecule has 0 aliphatic carbocycles. The molecule has 1 amide bonds. The van der Waals surface area contributed by atoms with Crippen LogP contribution in [-0.2, 0) is 9.53 Å². The smallest absolute Gasteiger partial charge is 0.368 e. The molecule has 0 aromatic heterocycles. The highest BCUT2D eigenvalue weighted by atomic mass is 19.4. The van der Waals surface area contributed by atoms with Crippen molar-refractivity contribution >= 4 is 5.91 Å². The van der Waals surface area contributed by atoms with Crippen LogP contribution in [0.2, 0.25) is 0 Å². The average Bonchev–Trinajstić information content (AvgIpc) is 2.45. The lowest BCUT2D eigenvalue weighted by atomic mass is 10.1. The van der Waals surface area contributed by atoms with Crippen molar-refractivity contribution in [2.24, 2.45) is 0 Å². The van der Waals surface area contributed by atoms with E-state index in [2.05, 4.69) is 5.32 Å². The molecule has 0 aromatic rings. The molecular weight excluding hydrogens is 285 g/mol. The van der Waals surface area contributed by atoms with E-state index in [-0.39, 0.29) is 12.7 Å². The molecule has 0 bridgehead atoms. The molecule has 1 N–H and O–H groups in total. The summed E-state index contributed by atoms with van der Waals surface area (Å²) in [5.41, 5.74) is 0.